The normalized spacial score (nSPS) is 9.36. The van der Waals surface area contributed by atoms with Crippen LogP contribution in [0.15, 0.2) is 0 Å². The van der Waals surface area contributed by atoms with Crippen molar-refractivity contribution in [2.24, 2.45) is 0 Å². The summed E-state index contributed by atoms with van der Waals surface area (Å²) in [7, 11) is 1.65. The Bertz CT molecular complexity index is 154. The van der Waals surface area contributed by atoms with E-state index in [1.165, 1.54) is 11.8 Å². The molecule has 0 N–H and O–H groups in total. The van der Waals surface area contributed by atoms with Gasteiger partial charge in [0, 0.05) is 13.5 Å². The van der Waals surface area contributed by atoms with Gasteiger partial charge in [-0.05, 0) is 13.3 Å². The Kier molecular flexibility index (Phi) is 4.50. The predicted octanol–water partition coefficient (Wildman–Crippen LogP) is 0.834. The van der Waals surface area contributed by atoms with Crippen LogP contribution in [0.4, 0.5) is 0 Å². The number of amides is 1. The van der Waals surface area contributed by atoms with Crippen LogP contribution in [0, 0.1) is 0 Å². The fourth-order valence-corrected chi connectivity index (χ4v) is 0.827. The first-order valence-corrected chi connectivity index (χ1v) is 3.81. The molecule has 0 fully saturated rings. The lowest BCUT2D eigenvalue weighted by Gasteiger charge is -2.14. The van der Waals surface area contributed by atoms with Crippen LogP contribution in [-0.4, -0.2) is 30.2 Å². The van der Waals surface area contributed by atoms with Crippen molar-refractivity contribution >= 4 is 11.7 Å². The van der Waals surface area contributed by atoms with Crippen molar-refractivity contribution in [1.82, 2.24) is 4.90 Å². The Morgan fingerprint density at radius 3 is 2.27 bits per heavy atom. The molecular weight excluding hydrogens is 142 g/mol. The van der Waals surface area contributed by atoms with E-state index < -0.39 is 0 Å². The van der Waals surface area contributed by atoms with Gasteiger partial charge in [-0.3, -0.25) is 9.59 Å². The number of hydrogen-bond donors (Lipinski definition) is 0. The number of carbonyl (C=O) groups is 2. The maximum atomic E-state index is 11.1. The van der Waals surface area contributed by atoms with Crippen LogP contribution in [0.5, 0.6) is 0 Å². The highest BCUT2D eigenvalue weighted by Gasteiger charge is 2.07. The van der Waals surface area contributed by atoms with Gasteiger partial charge in [-0.15, -0.1) is 0 Å². The van der Waals surface area contributed by atoms with E-state index in [-0.39, 0.29) is 18.2 Å². The smallest absolute Gasteiger partial charge is 0.222 e. The fraction of sp³-hybridized carbons (Fsp3) is 0.750. The maximum Gasteiger partial charge on any atom is 0.222 e. The zero-order valence-electron chi connectivity index (χ0n) is 7.39. The van der Waals surface area contributed by atoms with Gasteiger partial charge in [0.05, 0.1) is 6.54 Å². The van der Waals surface area contributed by atoms with Crippen LogP contribution >= 0.6 is 0 Å². The number of ketones is 1. The molecule has 3 heteroatoms. The van der Waals surface area contributed by atoms with Crippen LogP contribution in [0.25, 0.3) is 0 Å². The first-order chi connectivity index (χ1) is 5.07. The topological polar surface area (TPSA) is 37.4 Å². The van der Waals surface area contributed by atoms with E-state index in [1.54, 1.807) is 7.05 Å². The molecule has 0 radical (unpaired) electrons. The molecule has 0 aliphatic carbocycles. The molecule has 0 atom stereocenters. The molecule has 11 heavy (non-hydrogen) atoms. The van der Waals surface area contributed by atoms with E-state index in [9.17, 15) is 9.59 Å². The largest absolute Gasteiger partial charge is 0.338 e. The van der Waals surface area contributed by atoms with E-state index in [2.05, 4.69) is 0 Å². The number of carbonyl (C=O) groups excluding carboxylic acids is 2. The lowest BCUT2D eigenvalue weighted by molar-refractivity contribution is -0.133. The molecule has 64 valence electrons. The third-order valence-corrected chi connectivity index (χ3v) is 1.35. The minimum absolute atomic E-state index is 0.0250. The molecule has 0 aliphatic heterocycles. The molecule has 0 heterocycles. The van der Waals surface area contributed by atoms with Gasteiger partial charge in [0.25, 0.3) is 0 Å². The molecule has 0 aromatic rings. The molecule has 0 rings (SSSR count). The van der Waals surface area contributed by atoms with Gasteiger partial charge < -0.3 is 4.90 Å². The summed E-state index contributed by atoms with van der Waals surface area (Å²) >= 11 is 0. The van der Waals surface area contributed by atoms with E-state index in [1.807, 2.05) is 6.92 Å². The second kappa shape index (κ2) is 4.88. The number of nitrogens with zero attached hydrogens (tertiary/aromatic N) is 1. The van der Waals surface area contributed by atoms with Crippen molar-refractivity contribution in [2.45, 2.75) is 26.7 Å². The van der Waals surface area contributed by atoms with Crippen LogP contribution in [0.1, 0.15) is 26.7 Å². The number of hydrogen-bond acceptors (Lipinski definition) is 2. The van der Waals surface area contributed by atoms with Crippen molar-refractivity contribution in [3.8, 4) is 0 Å². The number of likely N-dealkylation sites (N-methyl/N-ethyl adjacent to an activating group) is 1. The van der Waals surface area contributed by atoms with Gasteiger partial charge in [-0.2, -0.15) is 0 Å². The average molecular weight is 157 g/mol. The maximum absolute atomic E-state index is 11.1. The van der Waals surface area contributed by atoms with Crippen LogP contribution in [0.3, 0.4) is 0 Å². The van der Waals surface area contributed by atoms with Gasteiger partial charge in [0.1, 0.15) is 5.78 Å². The van der Waals surface area contributed by atoms with Crippen molar-refractivity contribution in [2.75, 3.05) is 13.6 Å². The van der Waals surface area contributed by atoms with Crippen LogP contribution in [-0.2, 0) is 9.59 Å². The molecule has 0 saturated heterocycles. The molecule has 0 aliphatic rings. The molecular formula is C8H15NO2. The van der Waals surface area contributed by atoms with E-state index in [0.717, 1.165) is 6.42 Å². The van der Waals surface area contributed by atoms with Crippen molar-refractivity contribution in [3.05, 3.63) is 0 Å². The molecule has 0 aromatic heterocycles. The van der Waals surface area contributed by atoms with Gasteiger partial charge in [-0.25, -0.2) is 0 Å². The summed E-state index contributed by atoms with van der Waals surface area (Å²) in [6.45, 7) is 3.66. The highest BCUT2D eigenvalue weighted by molar-refractivity contribution is 5.84. The van der Waals surface area contributed by atoms with E-state index in [4.69, 9.17) is 0 Å². The van der Waals surface area contributed by atoms with Gasteiger partial charge >= 0.3 is 0 Å². The van der Waals surface area contributed by atoms with Gasteiger partial charge in [0.15, 0.2) is 0 Å². The second-order valence-corrected chi connectivity index (χ2v) is 2.70. The van der Waals surface area contributed by atoms with Crippen molar-refractivity contribution in [3.63, 3.8) is 0 Å². The molecule has 0 unspecified atom stereocenters. The summed E-state index contributed by atoms with van der Waals surface area (Å²) in [5, 5.41) is 0. The standard InChI is InChI=1S/C8H15NO2/c1-4-5-8(11)9(3)6-7(2)10/h4-6H2,1-3H3. The zero-order chi connectivity index (χ0) is 8.85. The highest BCUT2D eigenvalue weighted by Crippen LogP contribution is 1.93. The zero-order valence-corrected chi connectivity index (χ0v) is 7.39. The second-order valence-electron chi connectivity index (χ2n) is 2.70. The molecule has 0 spiro atoms. The predicted molar refractivity (Wildman–Crippen MR) is 43.2 cm³/mol. The highest BCUT2D eigenvalue weighted by atomic mass is 16.2. The SMILES string of the molecule is CCCC(=O)N(C)CC(C)=O. The van der Waals surface area contributed by atoms with Gasteiger partial charge in [-0.1, -0.05) is 6.92 Å². The summed E-state index contributed by atoms with van der Waals surface area (Å²) in [5.41, 5.74) is 0. The Hall–Kier alpha value is -0.860. The lowest BCUT2D eigenvalue weighted by atomic mass is 10.3. The first kappa shape index (κ1) is 10.1. The quantitative estimate of drug-likeness (QED) is 0.606. The Balaban J connectivity index is 3.73. The van der Waals surface area contributed by atoms with Gasteiger partial charge in [0.2, 0.25) is 5.91 Å². The minimum atomic E-state index is 0.0250. The molecule has 0 saturated carbocycles. The number of Topliss-reactive ketones (excluding diaryl/α,β-unsaturated/α-hetero) is 1. The molecule has 1 amide bonds. The van der Waals surface area contributed by atoms with Crippen LogP contribution < -0.4 is 0 Å². The summed E-state index contributed by atoms with van der Waals surface area (Å²) in [6.07, 6.45) is 1.37. The first-order valence-electron chi connectivity index (χ1n) is 3.81. The summed E-state index contributed by atoms with van der Waals surface area (Å²) < 4.78 is 0. The number of rotatable bonds is 4. The van der Waals surface area contributed by atoms with Crippen molar-refractivity contribution in [1.29, 1.82) is 0 Å². The summed E-state index contributed by atoms with van der Waals surface area (Å²) in [5.74, 6) is 0.0691. The lowest BCUT2D eigenvalue weighted by Crippen LogP contribution is -2.30. The van der Waals surface area contributed by atoms with Crippen LogP contribution in [0.2, 0.25) is 0 Å². The third-order valence-electron chi connectivity index (χ3n) is 1.35. The van der Waals surface area contributed by atoms with E-state index in [0.29, 0.717) is 6.42 Å². The summed E-state index contributed by atoms with van der Waals surface area (Å²) in [4.78, 5) is 23.1. The Labute approximate surface area is 67.4 Å². The third kappa shape index (κ3) is 4.53. The molecule has 0 aromatic carbocycles. The Morgan fingerprint density at radius 1 is 1.36 bits per heavy atom. The van der Waals surface area contributed by atoms with E-state index >= 15 is 0 Å². The minimum Gasteiger partial charge on any atom is -0.338 e. The molecule has 0 bridgehead atoms. The average Bonchev–Trinajstić information content (AvgIpc) is 1.86. The van der Waals surface area contributed by atoms with Crippen molar-refractivity contribution < 1.29 is 9.59 Å². The Morgan fingerprint density at radius 2 is 1.91 bits per heavy atom. The monoisotopic (exact) mass is 157 g/mol. The summed E-state index contributed by atoms with van der Waals surface area (Å²) in [6, 6.07) is 0. The fourth-order valence-electron chi connectivity index (χ4n) is 0.827. The molecule has 3 nitrogen and oxygen atoms in total.